The molecule has 1 amide bonds. The maximum atomic E-state index is 12.3. The SMILES string of the molecule is O=C(N[C@@H](Cc1ccccc1)C(=O)C(Br)Br)OCc1ccccc1. The number of rotatable bonds is 7. The van der Waals surface area contributed by atoms with Crippen LogP contribution in [-0.4, -0.2) is 21.7 Å². The van der Waals surface area contributed by atoms with Crippen LogP contribution >= 0.6 is 31.9 Å². The first kappa shape index (κ1) is 18.7. The second-order valence-electron chi connectivity index (χ2n) is 5.15. The molecule has 0 saturated heterocycles. The summed E-state index contributed by atoms with van der Waals surface area (Å²) in [5.74, 6) is -0.171. The fourth-order valence-electron chi connectivity index (χ4n) is 2.13. The van der Waals surface area contributed by atoms with Gasteiger partial charge in [-0.2, -0.15) is 0 Å². The molecule has 0 bridgehead atoms. The largest absolute Gasteiger partial charge is 0.445 e. The molecule has 6 heteroatoms. The first-order chi connectivity index (χ1) is 11.6. The smallest absolute Gasteiger partial charge is 0.408 e. The molecular formula is C18H17Br2NO3. The highest BCUT2D eigenvalue weighted by Gasteiger charge is 2.25. The van der Waals surface area contributed by atoms with E-state index < -0.39 is 15.9 Å². The van der Waals surface area contributed by atoms with Gasteiger partial charge in [0.05, 0.1) is 6.04 Å². The van der Waals surface area contributed by atoms with E-state index in [9.17, 15) is 9.59 Å². The van der Waals surface area contributed by atoms with Crippen LogP contribution in [0.5, 0.6) is 0 Å². The third-order valence-corrected chi connectivity index (χ3v) is 4.25. The van der Waals surface area contributed by atoms with Crippen LogP contribution in [0.3, 0.4) is 0 Å². The van der Waals surface area contributed by atoms with Gasteiger partial charge in [-0.05, 0) is 17.5 Å². The zero-order chi connectivity index (χ0) is 17.4. The summed E-state index contributed by atoms with van der Waals surface area (Å²) in [6.45, 7) is 0.158. The third kappa shape index (κ3) is 6.09. The summed E-state index contributed by atoms with van der Waals surface area (Å²) in [6, 6.07) is 18.2. The van der Waals surface area contributed by atoms with Crippen LogP contribution in [0.25, 0.3) is 0 Å². The van der Waals surface area contributed by atoms with Gasteiger partial charge in [-0.15, -0.1) is 0 Å². The number of benzene rings is 2. The standard InChI is InChI=1S/C18H17Br2NO3/c19-17(20)16(22)15(11-13-7-3-1-4-8-13)21-18(23)24-12-14-9-5-2-6-10-14/h1-10,15,17H,11-12H2,(H,21,23)/t15-/m0/s1. The third-order valence-electron chi connectivity index (χ3n) is 3.35. The Labute approximate surface area is 157 Å². The van der Waals surface area contributed by atoms with Crippen molar-refractivity contribution in [2.45, 2.75) is 22.8 Å². The zero-order valence-electron chi connectivity index (χ0n) is 12.8. The average Bonchev–Trinajstić information content (AvgIpc) is 2.60. The van der Waals surface area contributed by atoms with Crippen LogP contribution in [-0.2, 0) is 22.6 Å². The van der Waals surface area contributed by atoms with Gasteiger partial charge in [0.15, 0.2) is 5.78 Å². The first-order valence-corrected chi connectivity index (χ1v) is 9.22. The molecule has 0 radical (unpaired) electrons. The van der Waals surface area contributed by atoms with Gasteiger partial charge < -0.3 is 10.1 Å². The maximum Gasteiger partial charge on any atom is 0.408 e. The summed E-state index contributed by atoms with van der Waals surface area (Å²) in [5, 5.41) is 2.65. The van der Waals surface area contributed by atoms with E-state index in [1.165, 1.54) is 0 Å². The number of ketones is 1. The van der Waals surface area contributed by atoms with Crippen LogP contribution < -0.4 is 5.32 Å². The van der Waals surface area contributed by atoms with Crippen LogP contribution in [0, 0.1) is 0 Å². The Bertz CT molecular complexity index is 662. The van der Waals surface area contributed by atoms with E-state index in [2.05, 4.69) is 37.2 Å². The number of halogens is 2. The number of hydrogen-bond donors (Lipinski definition) is 1. The molecule has 24 heavy (non-hydrogen) atoms. The summed E-state index contributed by atoms with van der Waals surface area (Å²) in [5.41, 5.74) is 1.84. The highest BCUT2D eigenvalue weighted by atomic mass is 79.9. The van der Waals surface area contributed by atoms with E-state index in [0.29, 0.717) is 6.42 Å². The maximum absolute atomic E-state index is 12.3. The molecule has 0 heterocycles. The Hall–Kier alpha value is -1.66. The lowest BCUT2D eigenvalue weighted by molar-refractivity contribution is -0.118. The summed E-state index contributed by atoms with van der Waals surface area (Å²) in [7, 11) is 0. The molecule has 0 spiro atoms. The van der Waals surface area contributed by atoms with Crippen molar-refractivity contribution in [2.75, 3.05) is 0 Å². The lowest BCUT2D eigenvalue weighted by Crippen LogP contribution is -2.44. The number of amides is 1. The zero-order valence-corrected chi connectivity index (χ0v) is 16.0. The molecule has 2 rings (SSSR count). The van der Waals surface area contributed by atoms with Crippen LogP contribution in [0.15, 0.2) is 60.7 Å². The van der Waals surface area contributed by atoms with E-state index in [-0.39, 0.29) is 12.4 Å². The molecule has 0 aliphatic heterocycles. The molecule has 0 saturated carbocycles. The normalized spacial score (nSPS) is 11.8. The van der Waals surface area contributed by atoms with Crippen molar-refractivity contribution in [1.82, 2.24) is 5.32 Å². The average molecular weight is 455 g/mol. The summed E-state index contributed by atoms with van der Waals surface area (Å²) < 4.78 is 4.66. The monoisotopic (exact) mass is 453 g/mol. The fourth-order valence-corrected chi connectivity index (χ4v) is 2.77. The fraction of sp³-hybridized carbons (Fsp3) is 0.222. The Morgan fingerprint density at radius 2 is 1.46 bits per heavy atom. The van der Waals surface area contributed by atoms with Crippen molar-refractivity contribution in [3.8, 4) is 0 Å². The Balaban J connectivity index is 1.96. The molecule has 126 valence electrons. The number of hydrogen-bond acceptors (Lipinski definition) is 3. The van der Waals surface area contributed by atoms with Gasteiger partial charge in [-0.1, -0.05) is 92.5 Å². The molecule has 0 aliphatic carbocycles. The van der Waals surface area contributed by atoms with Crippen LogP contribution in [0.1, 0.15) is 11.1 Å². The van der Waals surface area contributed by atoms with E-state index in [4.69, 9.17) is 4.74 Å². The Morgan fingerprint density at radius 3 is 2.00 bits per heavy atom. The number of alkyl carbamates (subject to hydrolysis) is 1. The van der Waals surface area contributed by atoms with Crippen LogP contribution in [0.4, 0.5) is 4.79 Å². The Morgan fingerprint density at radius 1 is 0.917 bits per heavy atom. The Kier molecular flexibility index (Phi) is 7.46. The number of carbonyl (C=O) groups excluding carboxylic acids is 2. The van der Waals surface area contributed by atoms with Gasteiger partial charge in [0.1, 0.15) is 10.3 Å². The van der Waals surface area contributed by atoms with E-state index in [1.54, 1.807) is 0 Å². The van der Waals surface area contributed by atoms with Gasteiger partial charge in [0, 0.05) is 0 Å². The van der Waals surface area contributed by atoms with Gasteiger partial charge >= 0.3 is 6.09 Å². The van der Waals surface area contributed by atoms with Crippen molar-refractivity contribution in [1.29, 1.82) is 0 Å². The lowest BCUT2D eigenvalue weighted by atomic mass is 10.0. The van der Waals surface area contributed by atoms with E-state index in [0.717, 1.165) is 11.1 Å². The molecule has 0 aromatic heterocycles. The van der Waals surface area contributed by atoms with E-state index >= 15 is 0 Å². The molecule has 4 nitrogen and oxygen atoms in total. The van der Waals surface area contributed by atoms with Crippen molar-refractivity contribution in [3.63, 3.8) is 0 Å². The minimum atomic E-state index is -0.681. The summed E-state index contributed by atoms with van der Waals surface area (Å²) in [6.07, 6.45) is -0.220. The predicted octanol–water partition coefficient (Wildman–Crippen LogP) is 4.21. The molecule has 2 aromatic rings. The second kappa shape index (κ2) is 9.59. The van der Waals surface area contributed by atoms with Gasteiger partial charge in [0.2, 0.25) is 0 Å². The number of alkyl halides is 2. The second-order valence-corrected chi connectivity index (χ2v) is 8.21. The topological polar surface area (TPSA) is 55.4 Å². The highest BCUT2D eigenvalue weighted by molar-refractivity contribution is 9.25. The molecule has 0 unspecified atom stereocenters. The number of carbonyl (C=O) groups is 2. The molecule has 2 aromatic carbocycles. The van der Waals surface area contributed by atoms with Crippen molar-refractivity contribution < 1.29 is 14.3 Å². The molecule has 1 N–H and O–H groups in total. The lowest BCUT2D eigenvalue weighted by Gasteiger charge is -2.18. The first-order valence-electron chi connectivity index (χ1n) is 7.39. The van der Waals surface area contributed by atoms with Crippen molar-refractivity contribution >= 4 is 43.7 Å². The van der Waals surface area contributed by atoms with Crippen LogP contribution in [0.2, 0.25) is 0 Å². The summed E-state index contributed by atoms with van der Waals surface area (Å²) in [4.78, 5) is 24.3. The van der Waals surface area contributed by atoms with Crippen molar-refractivity contribution in [3.05, 3.63) is 71.8 Å². The number of nitrogens with one attached hydrogen (secondary N) is 1. The molecule has 0 aliphatic rings. The highest BCUT2D eigenvalue weighted by Crippen LogP contribution is 2.15. The van der Waals surface area contributed by atoms with Gasteiger partial charge in [-0.3, -0.25) is 4.79 Å². The minimum absolute atomic E-state index is 0.158. The van der Waals surface area contributed by atoms with Gasteiger partial charge in [-0.25, -0.2) is 4.79 Å². The van der Waals surface area contributed by atoms with E-state index in [1.807, 2.05) is 60.7 Å². The minimum Gasteiger partial charge on any atom is -0.445 e. The summed E-state index contributed by atoms with van der Waals surface area (Å²) >= 11 is 6.39. The quantitative estimate of drug-likeness (QED) is 0.637. The molecular weight excluding hydrogens is 438 g/mol. The number of ether oxygens (including phenoxy) is 1. The van der Waals surface area contributed by atoms with Gasteiger partial charge in [0.25, 0.3) is 0 Å². The number of Topliss-reactive ketones (excluding diaryl/α,β-unsaturated/α-hetero) is 1. The predicted molar refractivity (Wildman–Crippen MR) is 100 cm³/mol. The molecule has 1 atom stereocenters. The molecule has 0 fully saturated rings. The van der Waals surface area contributed by atoms with Crippen molar-refractivity contribution in [2.24, 2.45) is 0 Å².